The van der Waals surface area contributed by atoms with Gasteiger partial charge in [-0.25, -0.2) is 0 Å². The van der Waals surface area contributed by atoms with Crippen LogP contribution in [-0.4, -0.2) is 13.0 Å². The van der Waals surface area contributed by atoms with Gasteiger partial charge in [0.25, 0.3) is 5.91 Å². The van der Waals surface area contributed by atoms with E-state index in [1.165, 1.54) is 0 Å². The van der Waals surface area contributed by atoms with Gasteiger partial charge in [0.2, 0.25) is 0 Å². The van der Waals surface area contributed by atoms with Gasteiger partial charge in [-0.15, -0.1) is 0 Å². The van der Waals surface area contributed by atoms with Crippen molar-refractivity contribution in [2.45, 2.75) is 13.0 Å². The summed E-state index contributed by atoms with van der Waals surface area (Å²) < 4.78 is 5.90. The fourth-order valence-electron chi connectivity index (χ4n) is 1.92. The van der Waals surface area contributed by atoms with Gasteiger partial charge in [0.05, 0.1) is 17.6 Å². The topological polar surface area (TPSA) is 38.3 Å². The third-order valence-corrected chi connectivity index (χ3v) is 4.00. The van der Waals surface area contributed by atoms with Crippen molar-refractivity contribution in [2.75, 3.05) is 7.11 Å². The highest BCUT2D eigenvalue weighted by molar-refractivity contribution is 9.10. The van der Waals surface area contributed by atoms with Crippen LogP contribution in [0.1, 0.15) is 28.9 Å². The number of halogens is 2. The van der Waals surface area contributed by atoms with Crippen molar-refractivity contribution in [3.05, 3.63) is 63.1 Å². The van der Waals surface area contributed by atoms with Gasteiger partial charge in [-0.2, -0.15) is 0 Å². The molecule has 5 heteroatoms. The Morgan fingerprint density at radius 3 is 2.48 bits per heavy atom. The van der Waals surface area contributed by atoms with Crippen molar-refractivity contribution in [3.63, 3.8) is 0 Å². The van der Waals surface area contributed by atoms with E-state index in [-0.39, 0.29) is 11.9 Å². The number of amides is 1. The molecule has 0 saturated heterocycles. The van der Waals surface area contributed by atoms with Crippen LogP contribution in [0.3, 0.4) is 0 Å². The molecule has 0 aliphatic heterocycles. The van der Waals surface area contributed by atoms with E-state index in [4.69, 9.17) is 16.3 Å². The van der Waals surface area contributed by atoms with E-state index in [2.05, 4.69) is 21.2 Å². The summed E-state index contributed by atoms with van der Waals surface area (Å²) in [6.07, 6.45) is 0. The summed E-state index contributed by atoms with van der Waals surface area (Å²) >= 11 is 9.23. The zero-order valence-corrected chi connectivity index (χ0v) is 14.0. The van der Waals surface area contributed by atoms with Gasteiger partial charge >= 0.3 is 0 Å². The highest BCUT2D eigenvalue weighted by Crippen LogP contribution is 2.26. The summed E-state index contributed by atoms with van der Waals surface area (Å²) in [5.74, 6) is 0.554. The molecule has 2 aromatic rings. The summed E-state index contributed by atoms with van der Waals surface area (Å²) in [6.45, 7) is 1.93. The molecule has 1 N–H and O–H groups in total. The molecule has 0 bridgehead atoms. The summed E-state index contributed by atoms with van der Waals surface area (Å²) in [5.41, 5.74) is 1.57. The number of carbonyl (C=O) groups is 1. The minimum Gasteiger partial charge on any atom is -0.496 e. The first-order valence-electron chi connectivity index (χ1n) is 6.41. The standard InChI is InChI=1S/C16H15BrClNO2/c1-10(11-3-6-13(18)7-4-11)19-16(20)12-5-8-15(21-2)14(17)9-12/h3-10H,1-2H3,(H,19,20). The van der Waals surface area contributed by atoms with Crippen LogP contribution >= 0.6 is 27.5 Å². The van der Waals surface area contributed by atoms with E-state index >= 15 is 0 Å². The van der Waals surface area contributed by atoms with Crippen LogP contribution in [0.5, 0.6) is 5.75 Å². The lowest BCUT2D eigenvalue weighted by atomic mass is 10.1. The van der Waals surface area contributed by atoms with E-state index in [0.717, 1.165) is 10.0 Å². The van der Waals surface area contributed by atoms with Gasteiger partial charge in [0.15, 0.2) is 0 Å². The molecule has 1 atom stereocenters. The molecule has 2 aromatic carbocycles. The Bertz CT molecular complexity index is 643. The smallest absolute Gasteiger partial charge is 0.251 e. The quantitative estimate of drug-likeness (QED) is 0.856. The third-order valence-electron chi connectivity index (χ3n) is 3.13. The highest BCUT2D eigenvalue weighted by Gasteiger charge is 2.13. The largest absolute Gasteiger partial charge is 0.496 e. The Kier molecular flexibility index (Phi) is 5.26. The van der Waals surface area contributed by atoms with Crippen LogP contribution in [0.2, 0.25) is 5.02 Å². The predicted octanol–water partition coefficient (Wildman–Crippen LogP) is 4.60. The number of rotatable bonds is 4. The summed E-state index contributed by atoms with van der Waals surface area (Å²) in [7, 11) is 1.59. The molecule has 1 unspecified atom stereocenters. The van der Waals surface area contributed by atoms with E-state index in [1.807, 2.05) is 31.2 Å². The maximum Gasteiger partial charge on any atom is 0.251 e. The molecule has 0 fully saturated rings. The number of carbonyl (C=O) groups excluding carboxylic acids is 1. The van der Waals surface area contributed by atoms with E-state index < -0.39 is 0 Å². The van der Waals surface area contributed by atoms with Crippen molar-refractivity contribution in [3.8, 4) is 5.75 Å². The van der Waals surface area contributed by atoms with Crippen LogP contribution < -0.4 is 10.1 Å². The molecule has 0 aliphatic rings. The number of methoxy groups -OCH3 is 1. The van der Waals surface area contributed by atoms with Crippen molar-refractivity contribution in [1.29, 1.82) is 0 Å². The molecule has 2 rings (SSSR count). The lowest BCUT2D eigenvalue weighted by Crippen LogP contribution is -2.26. The molecule has 21 heavy (non-hydrogen) atoms. The molecule has 0 aromatic heterocycles. The van der Waals surface area contributed by atoms with Crippen molar-refractivity contribution in [1.82, 2.24) is 5.32 Å². The summed E-state index contributed by atoms with van der Waals surface area (Å²) in [6, 6.07) is 12.5. The monoisotopic (exact) mass is 367 g/mol. The van der Waals surface area contributed by atoms with Gasteiger partial charge in [-0.05, 0) is 58.7 Å². The van der Waals surface area contributed by atoms with Crippen LogP contribution in [0.4, 0.5) is 0 Å². The lowest BCUT2D eigenvalue weighted by molar-refractivity contribution is 0.0940. The number of hydrogen-bond donors (Lipinski definition) is 1. The van der Waals surface area contributed by atoms with Crippen LogP contribution in [0.15, 0.2) is 46.9 Å². The normalized spacial score (nSPS) is 11.8. The summed E-state index contributed by atoms with van der Waals surface area (Å²) in [4.78, 5) is 12.2. The number of hydrogen-bond acceptors (Lipinski definition) is 2. The summed E-state index contributed by atoms with van der Waals surface area (Å²) in [5, 5.41) is 3.63. The van der Waals surface area contributed by atoms with Crippen molar-refractivity contribution in [2.24, 2.45) is 0 Å². The molecule has 0 aliphatic carbocycles. The Labute approximate surface area is 137 Å². The van der Waals surface area contributed by atoms with Gasteiger partial charge < -0.3 is 10.1 Å². The first kappa shape index (κ1) is 15.9. The number of ether oxygens (including phenoxy) is 1. The Morgan fingerprint density at radius 1 is 1.24 bits per heavy atom. The highest BCUT2D eigenvalue weighted by atomic mass is 79.9. The van der Waals surface area contributed by atoms with Gasteiger partial charge in [-0.1, -0.05) is 23.7 Å². The molecule has 0 saturated carbocycles. The molecule has 1 amide bonds. The second kappa shape index (κ2) is 6.96. The zero-order valence-electron chi connectivity index (χ0n) is 11.7. The minimum absolute atomic E-state index is 0.101. The fourth-order valence-corrected chi connectivity index (χ4v) is 2.59. The van der Waals surface area contributed by atoms with Gasteiger partial charge in [0, 0.05) is 10.6 Å². The fraction of sp³-hybridized carbons (Fsp3) is 0.188. The van der Waals surface area contributed by atoms with E-state index in [1.54, 1.807) is 25.3 Å². The van der Waals surface area contributed by atoms with Crippen LogP contribution in [-0.2, 0) is 0 Å². The molecule has 0 spiro atoms. The first-order chi connectivity index (χ1) is 10.0. The lowest BCUT2D eigenvalue weighted by Gasteiger charge is -2.15. The van der Waals surface area contributed by atoms with Crippen LogP contribution in [0, 0.1) is 0 Å². The second-order valence-corrected chi connectivity index (χ2v) is 5.89. The Morgan fingerprint density at radius 2 is 1.90 bits per heavy atom. The maximum atomic E-state index is 12.2. The maximum absolute atomic E-state index is 12.2. The van der Waals surface area contributed by atoms with E-state index in [0.29, 0.717) is 16.3 Å². The zero-order chi connectivity index (χ0) is 15.4. The molecular formula is C16H15BrClNO2. The average Bonchev–Trinajstić information content (AvgIpc) is 2.47. The molecular weight excluding hydrogens is 354 g/mol. The number of nitrogens with one attached hydrogen (secondary N) is 1. The first-order valence-corrected chi connectivity index (χ1v) is 7.58. The third kappa shape index (κ3) is 3.99. The molecule has 0 radical (unpaired) electrons. The van der Waals surface area contributed by atoms with Gasteiger partial charge in [-0.3, -0.25) is 4.79 Å². The number of benzene rings is 2. The minimum atomic E-state index is -0.138. The SMILES string of the molecule is COc1ccc(C(=O)NC(C)c2ccc(Cl)cc2)cc1Br. The molecule has 110 valence electrons. The molecule has 3 nitrogen and oxygen atoms in total. The predicted molar refractivity (Wildman–Crippen MR) is 88.0 cm³/mol. The van der Waals surface area contributed by atoms with Gasteiger partial charge in [0.1, 0.15) is 5.75 Å². The average molecular weight is 369 g/mol. The van der Waals surface area contributed by atoms with Crippen molar-refractivity contribution >= 4 is 33.4 Å². The van der Waals surface area contributed by atoms with Crippen LogP contribution in [0.25, 0.3) is 0 Å². The van der Waals surface area contributed by atoms with E-state index in [9.17, 15) is 4.79 Å². The Balaban J connectivity index is 2.10. The Hall–Kier alpha value is -1.52. The van der Waals surface area contributed by atoms with Crippen molar-refractivity contribution < 1.29 is 9.53 Å². The molecule has 0 heterocycles. The second-order valence-electron chi connectivity index (χ2n) is 4.60.